The van der Waals surface area contributed by atoms with E-state index in [2.05, 4.69) is 31.7 Å². The zero-order valence-electron chi connectivity index (χ0n) is 17.5. The first-order chi connectivity index (χ1) is 12.8. The van der Waals surface area contributed by atoms with E-state index in [0.717, 1.165) is 35.5 Å². The molecule has 148 valence electrons. The Balaban J connectivity index is 1.27. The van der Waals surface area contributed by atoms with Crippen LogP contribution in [0.25, 0.3) is 0 Å². The molecule has 0 atom stereocenters. The Morgan fingerprint density at radius 2 is 1.23 bits per heavy atom. The lowest BCUT2D eigenvalue weighted by Crippen LogP contribution is -2.25. The van der Waals surface area contributed by atoms with Gasteiger partial charge in [-0.3, -0.25) is 0 Å². The van der Waals surface area contributed by atoms with E-state index in [-0.39, 0.29) is 0 Å². The maximum Gasteiger partial charge on any atom is -0.0233 e. The third-order valence-electron chi connectivity index (χ3n) is 8.33. The van der Waals surface area contributed by atoms with Gasteiger partial charge in [-0.2, -0.15) is 0 Å². The van der Waals surface area contributed by atoms with Crippen molar-refractivity contribution in [3.05, 3.63) is 24.8 Å². The summed E-state index contributed by atoms with van der Waals surface area (Å²) in [5, 5.41) is 0. The second kappa shape index (κ2) is 10.7. The summed E-state index contributed by atoms with van der Waals surface area (Å²) >= 11 is 0. The Hall–Kier alpha value is -0.520. The molecule has 0 aromatic rings. The summed E-state index contributed by atoms with van der Waals surface area (Å²) in [6.07, 6.45) is 29.2. The minimum atomic E-state index is 0.798. The highest BCUT2D eigenvalue weighted by Gasteiger charge is 2.30. The minimum absolute atomic E-state index is 0.798. The fraction of sp³-hybridized carbons (Fsp3) is 0.846. The van der Waals surface area contributed by atoms with Crippen LogP contribution in [0.15, 0.2) is 24.8 Å². The topological polar surface area (TPSA) is 0 Å². The highest BCUT2D eigenvalue weighted by molar-refractivity contribution is 4.94. The molecule has 0 bridgehead atoms. The third-order valence-corrected chi connectivity index (χ3v) is 8.33. The van der Waals surface area contributed by atoms with Crippen LogP contribution >= 0.6 is 0 Å². The highest BCUT2D eigenvalue weighted by Crippen LogP contribution is 2.42. The Kier molecular flexibility index (Phi) is 8.34. The van der Waals surface area contributed by atoms with Crippen molar-refractivity contribution in [3.63, 3.8) is 0 Å². The summed E-state index contributed by atoms with van der Waals surface area (Å²) in [4.78, 5) is 0. The molecule has 0 heteroatoms. The first-order valence-electron chi connectivity index (χ1n) is 12.1. The fourth-order valence-electron chi connectivity index (χ4n) is 6.21. The van der Waals surface area contributed by atoms with Gasteiger partial charge in [0.1, 0.15) is 0 Å². The standard InChI is InChI=1S/C26H44/c1-3-21-9-11-23(12-10-21)7-5-6-8-24-15-19-26(20-16-24)25-17-13-22(4-2)14-18-25/h3,5,7,21-26H,1,4,6,8-20H2,2H3/b7-5+/t21-,22-,23-,24?,25-,26?. The number of hydrogen-bond donors (Lipinski definition) is 0. The van der Waals surface area contributed by atoms with E-state index in [4.69, 9.17) is 0 Å². The molecule has 3 aliphatic carbocycles. The summed E-state index contributed by atoms with van der Waals surface area (Å²) in [7, 11) is 0. The van der Waals surface area contributed by atoms with Crippen LogP contribution in [0, 0.1) is 35.5 Å². The van der Waals surface area contributed by atoms with Crippen LogP contribution in [0.1, 0.15) is 103 Å². The average molecular weight is 357 g/mol. The van der Waals surface area contributed by atoms with E-state index in [9.17, 15) is 0 Å². The molecule has 0 heterocycles. The molecule has 0 spiro atoms. The normalized spacial score (nSPS) is 39.1. The van der Waals surface area contributed by atoms with Crippen molar-refractivity contribution >= 4 is 0 Å². The summed E-state index contributed by atoms with van der Waals surface area (Å²) in [6, 6.07) is 0. The number of rotatable bonds is 7. The molecule has 3 rings (SSSR count). The molecular weight excluding hydrogens is 312 g/mol. The molecule has 0 N–H and O–H groups in total. The summed E-state index contributed by atoms with van der Waals surface area (Å²) < 4.78 is 0. The zero-order valence-corrected chi connectivity index (χ0v) is 17.5. The maximum absolute atomic E-state index is 3.96. The SMILES string of the molecule is C=C[C@H]1CC[C@H](/C=C/CCC2CCC([C@H]3CC[C@H](CC)CC3)CC2)CC1. The molecule has 3 fully saturated rings. The Bertz CT molecular complexity index is 409. The fourth-order valence-corrected chi connectivity index (χ4v) is 6.21. The van der Waals surface area contributed by atoms with E-state index in [0.29, 0.717) is 0 Å². The van der Waals surface area contributed by atoms with Crippen molar-refractivity contribution in [1.29, 1.82) is 0 Å². The molecule has 0 amide bonds. The lowest BCUT2D eigenvalue weighted by Gasteiger charge is -2.37. The van der Waals surface area contributed by atoms with Gasteiger partial charge in [-0.25, -0.2) is 0 Å². The first kappa shape index (κ1) is 20.2. The van der Waals surface area contributed by atoms with Crippen molar-refractivity contribution in [2.24, 2.45) is 35.5 Å². The molecule has 3 aliphatic rings. The smallest absolute Gasteiger partial charge is 0.0233 e. The van der Waals surface area contributed by atoms with Gasteiger partial charge in [-0.15, -0.1) is 6.58 Å². The first-order valence-corrected chi connectivity index (χ1v) is 12.1. The molecule has 0 nitrogen and oxygen atoms in total. The van der Waals surface area contributed by atoms with Crippen molar-refractivity contribution in [2.45, 2.75) is 103 Å². The largest absolute Gasteiger partial charge is 0.103 e. The molecule has 0 aromatic heterocycles. The minimum Gasteiger partial charge on any atom is -0.103 e. The molecule has 0 radical (unpaired) electrons. The molecule has 0 saturated heterocycles. The van der Waals surface area contributed by atoms with Gasteiger partial charge >= 0.3 is 0 Å². The van der Waals surface area contributed by atoms with E-state index >= 15 is 0 Å². The van der Waals surface area contributed by atoms with Gasteiger partial charge in [0.25, 0.3) is 0 Å². The second-order valence-electron chi connectivity index (χ2n) is 9.89. The molecule has 3 saturated carbocycles. The van der Waals surface area contributed by atoms with Gasteiger partial charge in [0.05, 0.1) is 0 Å². The summed E-state index contributed by atoms with van der Waals surface area (Å²) in [6.45, 7) is 6.35. The highest BCUT2D eigenvalue weighted by atomic mass is 14.4. The average Bonchev–Trinajstić information content (AvgIpc) is 2.72. The van der Waals surface area contributed by atoms with E-state index < -0.39 is 0 Å². The van der Waals surface area contributed by atoms with Crippen LogP contribution in [-0.4, -0.2) is 0 Å². The van der Waals surface area contributed by atoms with Gasteiger partial charge in [0.2, 0.25) is 0 Å². The molecule has 0 aromatic carbocycles. The van der Waals surface area contributed by atoms with Gasteiger partial charge in [0.15, 0.2) is 0 Å². The third kappa shape index (κ3) is 6.00. The van der Waals surface area contributed by atoms with Crippen LogP contribution in [0.3, 0.4) is 0 Å². The van der Waals surface area contributed by atoms with E-state index in [1.165, 1.54) is 70.6 Å². The molecule has 26 heavy (non-hydrogen) atoms. The zero-order chi connectivity index (χ0) is 18.2. The van der Waals surface area contributed by atoms with Crippen LogP contribution in [0.5, 0.6) is 0 Å². The molecular formula is C26H44. The van der Waals surface area contributed by atoms with Crippen molar-refractivity contribution in [2.75, 3.05) is 0 Å². The molecule has 0 unspecified atom stereocenters. The van der Waals surface area contributed by atoms with Crippen LogP contribution in [0.2, 0.25) is 0 Å². The van der Waals surface area contributed by atoms with Gasteiger partial charge < -0.3 is 0 Å². The summed E-state index contributed by atoms with van der Waals surface area (Å²) in [5.74, 6) is 5.91. The monoisotopic (exact) mass is 356 g/mol. The lowest BCUT2D eigenvalue weighted by molar-refractivity contribution is 0.143. The predicted molar refractivity (Wildman–Crippen MR) is 115 cm³/mol. The van der Waals surface area contributed by atoms with Crippen molar-refractivity contribution in [3.8, 4) is 0 Å². The van der Waals surface area contributed by atoms with E-state index in [1.54, 1.807) is 25.7 Å². The second-order valence-corrected chi connectivity index (χ2v) is 9.89. The summed E-state index contributed by atoms with van der Waals surface area (Å²) in [5.41, 5.74) is 0. The lowest BCUT2D eigenvalue weighted by atomic mass is 9.68. The quantitative estimate of drug-likeness (QED) is 0.402. The Labute approximate surface area is 163 Å². The maximum atomic E-state index is 3.96. The number of hydrogen-bond acceptors (Lipinski definition) is 0. The molecule has 0 aliphatic heterocycles. The van der Waals surface area contributed by atoms with Crippen LogP contribution in [0.4, 0.5) is 0 Å². The van der Waals surface area contributed by atoms with Crippen molar-refractivity contribution in [1.82, 2.24) is 0 Å². The van der Waals surface area contributed by atoms with E-state index in [1.807, 2.05) is 0 Å². The van der Waals surface area contributed by atoms with Gasteiger partial charge in [-0.1, -0.05) is 57.3 Å². The Morgan fingerprint density at radius 3 is 1.77 bits per heavy atom. The van der Waals surface area contributed by atoms with Gasteiger partial charge in [-0.05, 0) is 99.7 Å². The Morgan fingerprint density at radius 1 is 0.692 bits per heavy atom. The van der Waals surface area contributed by atoms with Crippen molar-refractivity contribution < 1.29 is 0 Å². The predicted octanol–water partition coefficient (Wildman–Crippen LogP) is 8.34. The van der Waals surface area contributed by atoms with Crippen LogP contribution < -0.4 is 0 Å². The van der Waals surface area contributed by atoms with Crippen LogP contribution in [-0.2, 0) is 0 Å². The number of allylic oxidation sites excluding steroid dienone is 3. The van der Waals surface area contributed by atoms with Gasteiger partial charge in [0, 0.05) is 0 Å².